The van der Waals surface area contributed by atoms with Crippen LogP contribution in [0.1, 0.15) is 28.5 Å². The van der Waals surface area contributed by atoms with E-state index in [1.165, 1.54) is 16.7 Å². The Morgan fingerprint density at radius 3 is 1.71 bits per heavy atom. The molecule has 0 saturated heterocycles. The molecule has 1 atom stereocenters. The van der Waals surface area contributed by atoms with Gasteiger partial charge in [-0.25, -0.2) is 4.79 Å². The fourth-order valence-electron chi connectivity index (χ4n) is 4.48. The second-order valence-corrected chi connectivity index (χ2v) is 8.61. The van der Waals surface area contributed by atoms with Gasteiger partial charge in [0.05, 0.1) is 11.4 Å². The minimum atomic E-state index is -0.287. The zero-order valence-electron chi connectivity index (χ0n) is 19.0. The van der Waals surface area contributed by atoms with Crippen molar-refractivity contribution in [3.8, 4) is 0 Å². The molecular weight excluding hydrogens is 418 g/mol. The molecule has 0 fully saturated rings. The molecular formula is C31H27NO2. The lowest BCUT2D eigenvalue weighted by molar-refractivity contribution is 0.153. The summed E-state index contributed by atoms with van der Waals surface area (Å²) in [7, 11) is 0. The lowest BCUT2D eigenvalue weighted by Gasteiger charge is -2.31. The third kappa shape index (κ3) is 5.16. The van der Waals surface area contributed by atoms with Crippen LogP contribution in [0.5, 0.6) is 0 Å². The van der Waals surface area contributed by atoms with E-state index in [9.17, 15) is 4.79 Å². The predicted molar refractivity (Wildman–Crippen MR) is 138 cm³/mol. The van der Waals surface area contributed by atoms with Gasteiger partial charge in [0.1, 0.15) is 5.76 Å². The quantitative estimate of drug-likeness (QED) is 0.264. The summed E-state index contributed by atoms with van der Waals surface area (Å²) >= 11 is 0. The van der Waals surface area contributed by atoms with Crippen LogP contribution < -0.4 is 5.63 Å². The first kappa shape index (κ1) is 21.9. The van der Waals surface area contributed by atoms with E-state index in [1.54, 1.807) is 0 Å². The second kappa shape index (κ2) is 10.3. The molecule has 0 radical (unpaired) electrons. The number of rotatable bonds is 8. The van der Waals surface area contributed by atoms with E-state index in [2.05, 4.69) is 77.7 Å². The van der Waals surface area contributed by atoms with Gasteiger partial charge in [-0.3, -0.25) is 4.90 Å². The molecule has 5 aromatic rings. The minimum absolute atomic E-state index is 0.111. The Labute approximate surface area is 199 Å². The van der Waals surface area contributed by atoms with Crippen LogP contribution in [0.4, 0.5) is 0 Å². The smallest absolute Gasteiger partial charge is 0.343 e. The summed E-state index contributed by atoms with van der Waals surface area (Å²) in [6.45, 7) is 1.48. The molecule has 5 rings (SSSR count). The molecule has 3 heteroatoms. The molecule has 3 nitrogen and oxygen atoms in total. The normalized spacial score (nSPS) is 12.1. The van der Waals surface area contributed by atoms with E-state index in [1.807, 2.05) is 48.5 Å². The van der Waals surface area contributed by atoms with E-state index in [0.29, 0.717) is 11.1 Å². The van der Waals surface area contributed by atoms with Gasteiger partial charge in [-0.05, 0) is 40.6 Å². The zero-order chi connectivity index (χ0) is 23.2. The standard InChI is InChI=1S/C31H27NO2/c33-31-28-19-11-10-18-27(28)21-30(34-31)29(20-24-12-4-1-5-13-24)32(22-25-14-6-2-7-15-25)23-26-16-8-3-9-17-26/h1-19,21,29H,20,22-23H2/t29-/m0/s1. The molecule has 0 aliphatic rings. The first-order valence-corrected chi connectivity index (χ1v) is 11.6. The summed E-state index contributed by atoms with van der Waals surface area (Å²) in [5.74, 6) is 0.694. The molecule has 0 amide bonds. The topological polar surface area (TPSA) is 33.5 Å². The molecule has 0 unspecified atom stereocenters. The van der Waals surface area contributed by atoms with Gasteiger partial charge in [0.15, 0.2) is 0 Å². The second-order valence-electron chi connectivity index (χ2n) is 8.61. The molecule has 0 bridgehead atoms. The van der Waals surface area contributed by atoms with Gasteiger partial charge in [0.2, 0.25) is 0 Å². The van der Waals surface area contributed by atoms with Crippen LogP contribution in [0.25, 0.3) is 10.8 Å². The van der Waals surface area contributed by atoms with Gasteiger partial charge < -0.3 is 4.42 Å². The zero-order valence-corrected chi connectivity index (χ0v) is 19.0. The molecule has 168 valence electrons. The Hall–Kier alpha value is -3.95. The summed E-state index contributed by atoms with van der Waals surface area (Å²) in [4.78, 5) is 15.3. The van der Waals surface area contributed by atoms with Crippen LogP contribution in [-0.4, -0.2) is 4.90 Å². The Bertz CT molecular complexity index is 1350. The Morgan fingerprint density at radius 2 is 1.12 bits per heavy atom. The van der Waals surface area contributed by atoms with Gasteiger partial charge in [-0.15, -0.1) is 0 Å². The first-order valence-electron chi connectivity index (χ1n) is 11.6. The molecule has 0 aliphatic heterocycles. The van der Waals surface area contributed by atoms with Gasteiger partial charge in [0.25, 0.3) is 0 Å². The van der Waals surface area contributed by atoms with Crippen molar-refractivity contribution in [3.05, 3.63) is 154 Å². The molecule has 1 heterocycles. The third-order valence-electron chi connectivity index (χ3n) is 6.19. The van der Waals surface area contributed by atoms with Crippen molar-refractivity contribution in [3.63, 3.8) is 0 Å². The number of nitrogens with zero attached hydrogens (tertiary/aromatic N) is 1. The summed E-state index contributed by atoms with van der Waals surface area (Å²) < 4.78 is 5.98. The molecule has 34 heavy (non-hydrogen) atoms. The van der Waals surface area contributed by atoms with Crippen LogP contribution in [0.2, 0.25) is 0 Å². The highest BCUT2D eigenvalue weighted by atomic mass is 16.4. The SMILES string of the molecule is O=c1oc([C@H](Cc2ccccc2)N(Cc2ccccc2)Cc2ccccc2)cc2ccccc12. The van der Waals surface area contributed by atoms with Crippen molar-refractivity contribution < 1.29 is 4.42 Å². The lowest BCUT2D eigenvalue weighted by atomic mass is 9.99. The van der Waals surface area contributed by atoms with Crippen LogP contribution >= 0.6 is 0 Å². The Morgan fingerprint density at radius 1 is 0.618 bits per heavy atom. The summed E-state index contributed by atoms with van der Waals surface area (Å²) in [5.41, 5.74) is 3.36. The summed E-state index contributed by atoms with van der Waals surface area (Å²) in [6, 6.07) is 40.9. The first-order chi connectivity index (χ1) is 16.8. The molecule has 0 spiro atoms. The fraction of sp³-hybridized carbons (Fsp3) is 0.129. The van der Waals surface area contributed by atoms with E-state index < -0.39 is 0 Å². The van der Waals surface area contributed by atoms with Crippen molar-refractivity contribution in [2.24, 2.45) is 0 Å². The fourth-order valence-corrected chi connectivity index (χ4v) is 4.48. The number of fused-ring (bicyclic) bond motifs is 1. The van der Waals surface area contributed by atoms with E-state index >= 15 is 0 Å². The van der Waals surface area contributed by atoms with Crippen molar-refractivity contribution >= 4 is 10.8 Å². The van der Waals surface area contributed by atoms with Crippen LogP contribution in [0.3, 0.4) is 0 Å². The predicted octanol–water partition coefficient (Wildman–Crippen LogP) is 6.78. The highest BCUT2D eigenvalue weighted by Crippen LogP contribution is 2.30. The van der Waals surface area contributed by atoms with Crippen LogP contribution in [0, 0.1) is 0 Å². The lowest BCUT2D eigenvalue weighted by Crippen LogP contribution is -2.30. The van der Waals surface area contributed by atoms with Gasteiger partial charge >= 0.3 is 5.63 Å². The van der Waals surface area contributed by atoms with Gasteiger partial charge in [-0.1, -0.05) is 109 Å². The molecule has 1 aromatic heterocycles. The third-order valence-corrected chi connectivity index (χ3v) is 6.19. The van der Waals surface area contributed by atoms with E-state index in [0.717, 1.165) is 24.9 Å². The van der Waals surface area contributed by atoms with Crippen molar-refractivity contribution in [1.82, 2.24) is 4.90 Å². The molecule has 0 aliphatic carbocycles. The van der Waals surface area contributed by atoms with Crippen LogP contribution in [-0.2, 0) is 19.5 Å². The number of benzene rings is 4. The average molecular weight is 446 g/mol. The number of hydrogen-bond acceptors (Lipinski definition) is 3. The highest BCUT2D eigenvalue weighted by molar-refractivity contribution is 5.81. The van der Waals surface area contributed by atoms with Gasteiger partial charge in [0, 0.05) is 13.1 Å². The largest absolute Gasteiger partial charge is 0.426 e. The maximum Gasteiger partial charge on any atom is 0.343 e. The Balaban J connectivity index is 1.61. The maximum absolute atomic E-state index is 12.9. The maximum atomic E-state index is 12.9. The van der Waals surface area contributed by atoms with Crippen LogP contribution in [0.15, 0.2) is 131 Å². The minimum Gasteiger partial charge on any atom is -0.426 e. The van der Waals surface area contributed by atoms with E-state index in [4.69, 9.17) is 4.42 Å². The molecule has 0 N–H and O–H groups in total. The monoisotopic (exact) mass is 445 g/mol. The van der Waals surface area contributed by atoms with Crippen molar-refractivity contribution in [2.75, 3.05) is 0 Å². The molecule has 0 saturated carbocycles. The summed E-state index contributed by atoms with van der Waals surface area (Å²) in [6.07, 6.45) is 0.738. The van der Waals surface area contributed by atoms with Crippen molar-refractivity contribution in [1.29, 1.82) is 0 Å². The highest BCUT2D eigenvalue weighted by Gasteiger charge is 2.25. The Kier molecular flexibility index (Phi) is 6.64. The average Bonchev–Trinajstić information content (AvgIpc) is 2.89. The summed E-state index contributed by atoms with van der Waals surface area (Å²) in [5, 5.41) is 1.52. The van der Waals surface area contributed by atoms with Gasteiger partial charge in [-0.2, -0.15) is 0 Å². The molecule has 4 aromatic carbocycles. The van der Waals surface area contributed by atoms with E-state index in [-0.39, 0.29) is 11.7 Å². The number of hydrogen-bond donors (Lipinski definition) is 0. The van der Waals surface area contributed by atoms with Crippen molar-refractivity contribution in [2.45, 2.75) is 25.6 Å².